The van der Waals surface area contributed by atoms with Crippen molar-refractivity contribution >= 4 is 71.4 Å². The summed E-state index contributed by atoms with van der Waals surface area (Å²) in [6, 6.07) is 77.9. The van der Waals surface area contributed by atoms with E-state index in [-0.39, 0.29) is 0 Å². The summed E-state index contributed by atoms with van der Waals surface area (Å²) in [5, 5.41) is 5.47. The van der Waals surface area contributed by atoms with Crippen LogP contribution in [0.15, 0.2) is 206 Å². The lowest BCUT2D eigenvalue weighted by molar-refractivity contribution is 0.773. The van der Waals surface area contributed by atoms with Gasteiger partial charge in [-0.1, -0.05) is 189 Å². The average molecular weight is 845 g/mol. The van der Waals surface area contributed by atoms with Gasteiger partial charge in [-0.2, -0.15) is 0 Å². The molecule has 1 spiro atoms. The van der Waals surface area contributed by atoms with Crippen LogP contribution in [0, 0.1) is 0 Å². The van der Waals surface area contributed by atoms with Gasteiger partial charge in [-0.25, -0.2) is 0 Å². The molecular weight excluding hydrogens is 793 g/mol. The zero-order valence-electron chi connectivity index (χ0n) is 37.0. The summed E-state index contributed by atoms with van der Waals surface area (Å²) >= 11 is 0. The van der Waals surface area contributed by atoms with E-state index >= 15 is 0 Å². The SMILES string of the molecule is C[Si](C)(C)c1ccc(N(c2ccccc2)c2ccc3c(c2)C2(c4ccccc4-c4ccccc42)c2cccc4c(N(c5ccccc5)c5ccc([Si](C)(C)C)cc5)ccc-3c24)cc1. The van der Waals surface area contributed by atoms with Crippen LogP contribution < -0.4 is 20.2 Å². The lowest BCUT2D eigenvalue weighted by Gasteiger charge is -2.41. The fourth-order valence-electron chi connectivity index (χ4n) is 10.5. The summed E-state index contributed by atoms with van der Waals surface area (Å²) in [4.78, 5) is 4.91. The second kappa shape index (κ2) is 14.7. The Bertz CT molecular complexity index is 3130. The Morgan fingerprint density at radius 3 is 1.30 bits per heavy atom. The van der Waals surface area contributed by atoms with Gasteiger partial charge in [-0.05, 0) is 117 Å². The van der Waals surface area contributed by atoms with Crippen LogP contribution in [0.1, 0.15) is 22.3 Å². The molecule has 9 aromatic rings. The predicted octanol–water partition coefficient (Wildman–Crippen LogP) is 15.2. The molecule has 0 fully saturated rings. The highest BCUT2D eigenvalue weighted by Crippen LogP contribution is 2.63. The molecule has 2 aliphatic carbocycles. The Balaban J connectivity index is 1.20. The molecule has 0 heterocycles. The summed E-state index contributed by atoms with van der Waals surface area (Å²) < 4.78 is 0. The summed E-state index contributed by atoms with van der Waals surface area (Å²) in [7, 11) is -2.99. The van der Waals surface area contributed by atoms with Crippen molar-refractivity contribution in [2.45, 2.75) is 44.7 Å². The van der Waals surface area contributed by atoms with Crippen molar-refractivity contribution in [3.8, 4) is 22.3 Å². The van der Waals surface area contributed by atoms with Gasteiger partial charge in [0.25, 0.3) is 0 Å². The third kappa shape index (κ3) is 6.18. The quantitative estimate of drug-likeness (QED) is 0.141. The Labute approximate surface area is 374 Å². The number of hydrogen-bond acceptors (Lipinski definition) is 2. The first-order valence-electron chi connectivity index (χ1n) is 22.4. The van der Waals surface area contributed by atoms with Crippen molar-refractivity contribution in [3.05, 3.63) is 229 Å². The fraction of sp³-hybridized carbons (Fsp3) is 0.119. The lowest BCUT2D eigenvalue weighted by Crippen LogP contribution is -2.37. The van der Waals surface area contributed by atoms with Gasteiger partial charge in [0.05, 0.1) is 27.3 Å². The molecule has 2 aliphatic rings. The number of hydrogen-bond donors (Lipinski definition) is 0. The number of rotatable bonds is 8. The number of para-hydroxylation sites is 2. The van der Waals surface area contributed by atoms with Crippen molar-refractivity contribution in [3.63, 3.8) is 0 Å². The number of benzene rings is 9. The van der Waals surface area contributed by atoms with Gasteiger partial charge < -0.3 is 9.80 Å². The monoisotopic (exact) mass is 844 g/mol. The first-order valence-corrected chi connectivity index (χ1v) is 29.4. The van der Waals surface area contributed by atoms with E-state index < -0.39 is 21.6 Å². The van der Waals surface area contributed by atoms with E-state index in [2.05, 4.69) is 255 Å². The Morgan fingerprint density at radius 2 is 0.746 bits per heavy atom. The summed E-state index contributed by atoms with van der Waals surface area (Å²) in [6.45, 7) is 14.5. The van der Waals surface area contributed by atoms with Gasteiger partial charge >= 0.3 is 0 Å². The first-order chi connectivity index (χ1) is 30.5. The predicted molar refractivity (Wildman–Crippen MR) is 276 cm³/mol. The van der Waals surface area contributed by atoms with Crippen molar-refractivity contribution < 1.29 is 0 Å². The smallest absolute Gasteiger partial charge is 0.0775 e. The molecular formula is C59H52N2Si2. The van der Waals surface area contributed by atoms with E-state index in [1.807, 2.05) is 0 Å². The molecule has 63 heavy (non-hydrogen) atoms. The maximum absolute atomic E-state index is 2.51. The Kier molecular flexibility index (Phi) is 9.13. The summed E-state index contributed by atoms with van der Waals surface area (Å²) in [5.74, 6) is 0. The van der Waals surface area contributed by atoms with Crippen molar-refractivity contribution in [1.29, 1.82) is 0 Å². The van der Waals surface area contributed by atoms with E-state index in [1.165, 1.54) is 71.3 Å². The van der Waals surface area contributed by atoms with Gasteiger partial charge in [0.2, 0.25) is 0 Å². The summed E-state index contributed by atoms with van der Waals surface area (Å²) in [5.41, 5.74) is 16.8. The van der Waals surface area contributed by atoms with Gasteiger partial charge in [0.15, 0.2) is 0 Å². The van der Waals surface area contributed by atoms with Crippen LogP contribution in [-0.4, -0.2) is 16.1 Å². The second-order valence-corrected chi connectivity index (χ2v) is 29.5. The molecule has 2 nitrogen and oxygen atoms in total. The zero-order chi connectivity index (χ0) is 43.1. The Hall–Kier alpha value is -6.73. The van der Waals surface area contributed by atoms with Crippen molar-refractivity contribution in [2.75, 3.05) is 9.80 Å². The zero-order valence-corrected chi connectivity index (χ0v) is 39.0. The van der Waals surface area contributed by atoms with Crippen LogP contribution in [-0.2, 0) is 5.41 Å². The average Bonchev–Trinajstić information content (AvgIpc) is 3.60. The van der Waals surface area contributed by atoms with Crippen LogP contribution >= 0.6 is 0 Å². The molecule has 0 saturated heterocycles. The van der Waals surface area contributed by atoms with Gasteiger partial charge in [-0.15, -0.1) is 0 Å². The van der Waals surface area contributed by atoms with Crippen LogP contribution in [0.5, 0.6) is 0 Å². The number of fused-ring (bicyclic) bond motifs is 9. The van der Waals surface area contributed by atoms with E-state index in [0.717, 1.165) is 28.4 Å². The highest BCUT2D eigenvalue weighted by molar-refractivity contribution is 6.89. The van der Waals surface area contributed by atoms with E-state index in [4.69, 9.17) is 0 Å². The van der Waals surface area contributed by atoms with E-state index in [1.54, 1.807) is 0 Å². The minimum absolute atomic E-state index is 0.565. The molecule has 0 bridgehead atoms. The molecule has 0 aromatic heterocycles. The minimum atomic E-state index is -1.50. The molecule has 0 aliphatic heterocycles. The molecule has 0 unspecified atom stereocenters. The molecule has 0 atom stereocenters. The molecule has 4 heteroatoms. The second-order valence-electron chi connectivity index (χ2n) is 19.4. The van der Waals surface area contributed by atoms with Gasteiger partial charge in [0, 0.05) is 33.8 Å². The van der Waals surface area contributed by atoms with Gasteiger partial charge in [0.1, 0.15) is 0 Å². The van der Waals surface area contributed by atoms with Crippen LogP contribution in [0.4, 0.5) is 34.1 Å². The first kappa shape index (κ1) is 39.1. The van der Waals surface area contributed by atoms with Crippen LogP contribution in [0.3, 0.4) is 0 Å². The lowest BCUT2D eigenvalue weighted by atomic mass is 9.61. The molecule has 0 N–H and O–H groups in total. The van der Waals surface area contributed by atoms with Crippen LogP contribution in [0.25, 0.3) is 33.0 Å². The minimum Gasteiger partial charge on any atom is -0.310 e. The maximum atomic E-state index is 2.51. The highest BCUT2D eigenvalue weighted by Gasteiger charge is 2.50. The van der Waals surface area contributed by atoms with Crippen LogP contribution in [0.2, 0.25) is 39.3 Å². The molecule has 11 rings (SSSR count). The summed E-state index contributed by atoms with van der Waals surface area (Å²) in [6.07, 6.45) is 0. The normalized spacial score (nSPS) is 13.4. The standard InChI is InChI=1S/C59H52N2Si2/c1-62(2,3)46-33-28-43(29-34-46)60(41-18-9-7-10-19-41)45-32-37-50-51-38-39-57(61(42-20-11-8-12-21-42)44-30-35-47(36-31-44)63(4,5)6)52-24-17-27-55(58(51)52)59(56(50)40-45)53-25-15-13-22-48(53)49-23-14-16-26-54(49)59/h7-40H,1-6H3. The fourth-order valence-corrected chi connectivity index (χ4v) is 12.9. The molecule has 9 aromatic carbocycles. The molecule has 0 amide bonds. The molecule has 0 saturated carbocycles. The Morgan fingerprint density at radius 1 is 0.317 bits per heavy atom. The number of anilines is 6. The molecule has 306 valence electrons. The largest absolute Gasteiger partial charge is 0.310 e. The highest BCUT2D eigenvalue weighted by atomic mass is 28.3. The van der Waals surface area contributed by atoms with Crippen molar-refractivity contribution in [2.24, 2.45) is 0 Å². The van der Waals surface area contributed by atoms with Crippen molar-refractivity contribution in [1.82, 2.24) is 0 Å². The third-order valence-corrected chi connectivity index (χ3v) is 17.7. The van der Waals surface area contributed by atoms with Gasteiger partial charge in [-0.3, -0.25) is 0 Å². The molecule has 0 radical (unpaired) electrons. The van der Waals surface area contributed by atoms with E-state index in [9.17, 15) is 0 Å². The van der Waals surface area contributed by atoms with E-state index in [0.29, 0.717) is 0 Å². The topological polar surface area (TPSA) is 6.48 Å². The number of nitrogens with zero attached hydrogens (tertiary/aromatic N) is 2. The maximum Gasteiger partial charge on any atom is 0.0775 e. The third-order valence-electron chi connectivity index (χ3n) is 13.6.